The van der Waals surface area contributed by atoms with Gasteiger partial charge in [-0.25, -0.2) is 8.78 Å². The molecule has 0 spiro atoms. The van der Waals surface area contributed by atoms with Crippen LogP contribution in [0, 0.1) is 11.6 Å². The maximum Gasteiger partial charge on any atom is 0.286 e. The highest BCUT2D eigenvalue weighted by Crippen LogP contribution is 2.29. The van der Waals surface area contributed by atoms with E-state index in [0.717, 1.165) is 24.4 Å². The van der Waals surface area contributed by atoms with Crippen molar-refractivity contribution in [1.29, 1.82) is 0 Å². The molecule has 4 aromatic rings. The van der Waals surface area contributed by atoms with Gasteiger partial charge in [-0.1, -0.05) is 28.6 Å². The average molecular weight is 483 g/mol. The van der Waals surface area contributed by atoms with Crippen LogP contribution in [0.4, 0.5) is 14.5 Å². The number of nitrogens with one attached hydrogen (secondary N) is 1. The zero-order valence-corrected chi connectivity index (χ0v) is 18.8. The number of halogens is 2. The van der Waals surface area contributed by atoms with E-state index in [1.165, 1.54) is 47.7 Å². The minimum absolute atomic E-state index is 0.0534. The van der Waals surface area contributed by atoms with Gasteiger partial charge in [0.2, 0.25) is 16.7 Å². The summed E-state index contributed by atoms with van der Waals surface area (Å²) in [6.07, 6.45) is 1.85. The Hall–Kier alpha value is -3.57. The lowest BCUT2D eigenvalue weighted by atomic mass is 9.98. The number of carbonyl (C=O) groups excluding carboxylic acids is 1. The standard InChI is InChI=1S/C23H20F2N6O2S/c24-16-6-8-18(9-7-16)26-21(32)23-29-28-19(34-23)13-31-10-2-4-15(12-31)22-27-20(30-33-22)14-3-1-5-17(25)11-14/h1,3,5-9,11,15H,2,4,10,12-13H2,(H,26,32). The molecule has 1 atom stereocenters. The molecule has 0 radical (unpaired) electrons. The van der Waals surface area contributed by atoms with Gasteiger partial charge in [-0.2, -0.15) is 4.98 Å². The zero-order valence-electron chi connectivity index (χ0n) is 17.9. The van der Waals surface area contributed by atoms with Crippen molar-refractivity contribution in [2.24, 2.45) is 0 Å². The lowest BCUT2D eigenvalue weighted by Gasteiger charge is -2.29. The molecule has 1 fully saturated rings. The molecular formula is C23H20F2N6O2S. The van der Waals surface area contributed by atoms with Gasteiger partial charge in [-0.15, -0.1) is 10.2 Å². The molecule has 0 saturated carbocycles. The minimum atomic E-state index is -0.386. The first kappa shape index (κ1) is 22.2. The van der Waals surface area contributed by atoms with Gasteiger partial charge >= 0.3 is 0 Å². The highest BCUT2D eigenvalue weighted by atomic mass is 32.1. The van der Waals surface area contributed by atoms with Crippen LogP contribution in [-0.4, -0.2) is 44.2 Å². The van der Waals surface area contributed by atoms with Crippen molar-refractivity contribution in [1.82, 2.24) is 25.2 Å². The molecule has 8 nitrogen and oxygen atoms in total. The molecule has 1 saturated heterocycles. The van der Waals surface area contributed by atoms with Crippen LogP contribution in [0.3, 0.4) is 0 Å². The predicted molar refractivity (Wildman–Crippen MR) is 121 cm³/mol. The normalized spacial score (nSPS) is 16.5. The Morgan fingerprint density at radius 2 is 2.00 bits per heavy atom. The SMILES string of the molecule is O=C(Nc1ccc(F)cc1)c1nnc(CN2CCCC(c3nc(-c4cccc(F)c4)no3)C2)s1. The monoisotopic (exact) mass is 482 g/mol. The summed E-state index contributed by atoms with van der Waals surface area (Å²) >= 11 is 1.22. The van der Waals surface area contributed by atoms with E-state index in [1.54, 1.807) is 12.1 Å². The number of rotatable bonds is 6. The molecule has 11 heteroatoms. The Balaban J connectivity index is 1.20. The number of aromatic nitrogens is 4. The number of nitrogens with zero attached hydrogens (tertiary/aromatic N) is 5. The minimum Gasteiger partial charge on any atom is -0.339 e. The summed E-state index contributed by atoms with van der Waals surface area (Å²) in [7, 11) is 0. The maximum absolute atomic E-state index is 13.5. The van der Waals surface area contributed by atoms with Gasteiger partial charge in [0.1, 0.15) is 16.6 Å². The van der Waals surface area contributed by atoms with Crippen molar-refractivity contribution in [3.63, 3.8) is 0 Å². The molecule has 5 rings (SSSR count). The van der Waals surface area contributed by atoms with Crippen molar-refractivity contribution >= 4 is 22.9 Å². The van der Waals surface area contributed by atoms with E-state index in [0.29, 0.717) is 36.1 Å². The van der Waals surface area contributed by atoms with Gasteiger partial charge < -0.3 is 9.84 Å². The smallest absolute Gasteiger partial charge is 0.286 e. The van der Waals surface area contributed by atoms with Crippen molar-refractivity contribution in [3.05, 3.63) is 76.1 Å². The molecule has 34 heavy (non-hydrogen) atoms. The summed E-state index contributed by atoms with van der Waals surface area (Å²) < 4.78 is 32.0. The number of carbonyl (C=O) groups is 1. The van der Waals surface area contributed by atoms with Gasteiger partial charge in [0.25, 0.3) is 5.91 Å². The van der Waals surface area contributed by atoms with Gasteiger partial charge in [0.15, 0.2) is 0 Å². The van der Waals surface area contributed by atoms with Gasteiger partial charge in [0, 0.05) is 17.8 Å². The van der Waals surface area contributed by atoms with Crippen molar-refractivity contribution in [2.75, 3.05) is 18.4 Å². The summed E-state index contributed by atoms with van der Waals surface area (Å²) in [5, 5.41) is 15.8. The lowest BCUT2D eigenvalue weighted by Crippen LogP contribution is -2.34. The Morgan fingerprint density at radius 3 is 2.82 bits per heavy atom. The van der Waals surface area contributed by atoms with E-state index in [-0.39, 0.29) is 28.5 Å². The van der Waals surface area contributed by atoms with E-state index in [9.17, 15) is 13.6 Å². The Morgan fingerprint density at radius 1 is 1.15 bits per heavy atom. The average Bonchev–Trinajstić information content (AvgIpc) is 3.51. The first-order valence-corrected chi connectivity index (χ1v) is 11.6. The Bertz CT molecular complexity index is 1290. The predicted octanol–water partition coefficient (Wildman–Crippen LogP) is 4.50. The summed E-state index contributed by atoms with van der Waals surface area (Å²) in [4.78, 5) is 19.1. The van der Waals surface area contributed by atoms with Crippen molar-refractivity contribution in [3.8, 4) is 11.4 Å². The molecule has 0 bridgehead atoms. The van der Waals surface area contributed by atoms with Crippen LogP contribution in [0.2, 0.25) is 0 Å². The summed E-state index contributed by atoms with van der Waals surface area (Å²) in [5.41, 5.74) is 1.06. The first-order chi connectivity index (χ1) is 16.5. The number of anilines is 1. The van der Waals surface area contributed by atoms with Crippen LogP contribution in [0.15, 0.2) is 53.1 Å². The summed E-state index contributed by atoms with van der Waals surface area (Å²) in [6.45, 7) is 2.11. The van der Waals surface area contributed by atoms with E-state index in [4.69, 9.17) is 4.52 Å². The molecule has 2 aromatic heterocycles. The third kappa shape index (κ3) is 5.15. The molecule has 1 unspecified atom stereocenters. The second kappa shape index (κ2) is 9.74. The maximum atomic E-state index is 13.5. The van der Waals surface area contributed by atoms with Crippen LogP contribution in [-0.2, 0) is 6.54 Å². The topological polar surface area (TPSA) is 97.0 Å². The number of likely N-dealkylation sites (tertiary alicyclic amines) is 1. The molecule has 1 aliphatic heterocycles. The third-order valence-corrected chi connectivity index (χ3v) is 6.41. The van der Waals surface area contributed by atoms with Crippen LogP contribution >= 0.6 is 11.3 Å². The van der Waals surface area contributed by atoms with E-state index < -0.39 is 0 Å². The highest BCUT2D eigenvalue weighted by Gasteiger charge is 2.27. The quantitative estimate of drug-likeness (QED) is 0.432. The number of amides is 1. The summed E-state index contributed by atoms with van der Waals surface area (Å²) in [5.74, 6) is -0.161. The second-order valence-corrected chi connectivity index (χ2v) is 9.06. The van der Waals surface area contributed by atoms with Crippen molar-refractivity contribution in [2.45, 2.75) is 25.3 Å². The second-order valence-electron chi connectivity index (χ2n) is 8.00. The van der Waals surface area contributed by atoms with Crippen molar-refractivity contribution < 1.29 is 18.1 Å². The number of piperidine rings is 1. The van der Waals surface area contributed by atoms with Gasteiger partial charge in [0.05, 0.1) is 12.5 Å². The Kier molecular flexibility index (Phi) is 6.37. The molecule has 1 amide bonds. The molecule has 1 N–H and O–H groups in total. The lowest BCUT2D eigenvalue weighted by molar-refractivity contribution is 0.102. The molecule has 174 valence electrons. The molecule has 1 aliphatic rings. The highest BCUT2D eigenvalue weighted by molar-refractivity contribution is 7.13. The fourth-order valence-corrected chi connectivity index (χ4v) is 4.64. The van der Waals surface area contributed by atoms with Crippen LogP contribution in [0.5, 0.6) is 0 Å². The molecule has 3 heterocycles. The number of hydrogen-bond acceptors (Lipinski definition) is 8. The van der Waals surface area contributed by atoms with Gasteiger partial charge in [-0.05, 0) is 55.8 Å². The van der Waals surface area contributed by atoms with Crippen LogP contribution in [0.1, 0.15) is 39.5 Å². The van der Waals surface area contributed by atoms with E-state index >= 15 is 0 Å². The first-order valence-electron chi connectivity index (χ1n) is 10.7. The third-order valence-electron chi connectivity index (χ3n) is 5.50. The van der Waals surface area contributed by atoms with Crippen LogP contribution < -0.4 is 5.32 Å². The van der Waals surface area contributed by atoms with Gasteiger partial charge in [-0.3, -0.25) is 9.69 Å². The largest absolute Gasteiger partial charge is 0.339 e. The number of benzene rings is 2. The van der Waals surface area contributed by atoms with E-state index in [2.05, 4.69) is 30.6 Å². The van der Waals surface area contributed by atoms with E-state index in [1.807, 2.05) is 0 Å². The fourth-order valence-electron chi connectivity index (χ4n) is 3.86. The van der Waals surface area contributed by atoms with Crippen LogP contribution in [0.25, 0.3) is 11.4 Å². The number of hydrogen-bond donors (Lipinski definition) is 1. The summed E-state index contributed by atoms with van der Waals surface area (Å²) in [6, 6.07) is 11.6. The zero-order chi connectivity index (χ0) is 23.5. The molecule has 0 aliphatic carbocycles. The molecular weight excluding hydrogens is 462 g/mol. The molecule has 2 aromatic carbocycles. The Labute approximate surface area is 197 Å². The fraction of sp³-hybridized carbons (Fsp3) is 0.261.